The van der Waals surface area contributed by atoms with E-state index in [-0.39, 0.29) is 5.91 Å². The van der Waals surface area contributed by atoms with Gasteiger partial charge in [0.2, 0.25) is 5.91 Å². The molecule has 0 saturated carbocycles. The first kappa shape index (κ1) is 18.8. The van der Waals surface area contributed by atoms with Crippen LogP contribution in [0, 0.1) is 13.8 Å². The van der Waals surface area contributed by atoms with Crippen molar-refractivity contribution in [2.45, 2.75) is 25.4 Å². The van der Waals surface area contributed by atoms with Crippen LogP contribution >= 0.6 is 23.4 Å². The first-order valence-electron chi connectivity index (χ1n) is 8.96. The third-order valence-electron chi connectivity index (χ3n) is 4.68. The van der Waals surface area contributed by atoms with Gasteiger partial charge in [0.05, 0.1) is 5.52 Å². The van der Waals surface area contributed by atoms with Crippen molar-refractivity contribution in [1.82, 2.24) is 14.6 Å². The third-order valence-corrected chi connectivity index (χ3v) is 6.02. The van der Waals surface area contributed by atoms with E-state index in [1.165, 1.54) is 22.7 Å². The maximum Gasteiger partial charge on any atom is 0.225 e. The van der Waals surface area contributed by atoms with Crippen molar-refractivity contribution in [1.29, 1.82) is 0 Å². The van der Waals surface area contributed by atoms with Gasteiger partial charge >= 0.3 is 0 Å². The van der Waals surface area contributed by atoms with Crippen LogP contribution in [0.4, 0.5) is 5.69 Å². The molecule has 142 valence electrons. The number of carbonyl (C=O) groups excluding carboxylic acids is 1. The number of amides is 1. The standard InChI is InChI=1S/C21H19ClN4OS/c1-13-12-19-24-25-21(26(19)18-9-4-3-6-15(13)18)28-11-10-20(27)23-17-8-5-7-16(22)14(17)2/h3-9,12H,10-11H2,1-2H3,(H,23,27). The monoisotopic (exact) mass is 410 g/mol. The van der Waals surface area contributed by atoms with E-state index in [2.05, 4.69) is 34.6 Å². The lowest BCUT2D eigenvalue weighted by Crippen LogP contribution is -2.13. The number of benzene rings is 2. The smallest absolute Gasteiger partial charge is 0.225 e. The molecule has 0 spiro atoms. The van der Waals surface area contributed by atoms with Crippen molar-refractivity contribution in [2.75, 3.05) is 11.1 Å². The van der Waals surface area contributed by atoms with E-state index in [1.54, 1.807) is 0 Å². The molecule has 0 fully saturated rings. The van der Waals surface area contributed by atoms with Crippen molar-refractivity contribution in [3.8, 4) is 0 Å². The highest BCUT2D eigenvalue weighted by molar-refractivity contribution is 7.99. The molecule has 1 N–H and O–H groups in total. The lowest BCUT2D eigenvalue weighted by Gasteiger charge is -2.09. The molecule has 1 amide bonds. The predicted octanol–water partition coefficient (Wildman–Crippen LogP) is 5.27. The Kier molecular flexibility index (Phi) is 5.24. The van der Waals surface area contributed by atoms with Crippen molar-refractivity contribution < 1.29 is 4.79 Å². The van der Waals surface area contributed by atoms with Gasteiger partial charge in [0.15, 0.2) is 10.8 Å². The average Bonchev–Trinajstić information content (AvgIpc) is 3.08. The number of halogens is 1. The van der Waals surface area contributed by atoms with Gasteiger partial charge in [-0.15, -0.1) is 10.2 Å². The molecule has 2 aromatic carbocycles. The first-order valence-corrected chi connectivity index (χ1v) is 10.3. The number of hydrogen-bond acceptors (Lipinski definition) is 4. The van der Waals surface area contributed by atoms with Crippen LogP contribution in [0.25, 0.3) is 16.6 Å². The second-order valence-corrected chi connectivity index (χ2v) is 8.05. The van der Waals surface area contributed by atoms with Crippen LogP contribution in [-0.4, -0.2) is 26.3 Å². The van der Waals surface area contributed by atoms with Crippen LogP contribution in [0.5, 0.6) is 0 Å². The Bertz CT molecular complexity index is 1190. The van der Waals surface area contributed by atoms with Gasteiger partial charge in [-0.3, -0.25) is 9.20 Å². The Labute approximate surface area is 172 Å². The fourth-order valence-electron chi connectivity index (χ4n) is 3.16. The van der Waals surface area contributed by atoms with Gasteiger partial charge in [0.25, 0.3) is 0 Å². The lowest BCUT2D eigenvalue weighted by atomic mass is 10.1. The molecule has 0 saturated heterocycles. The summed E-state index contributed by atoms with van der Waals surface area (Å²) in [5, 5.41) is 14.1. The average molecular weight is 411 g/mol. The van der Waals surface area contributed by atoms with Crippen molar-refractivity contribution in [2.24, 2.45) is 0 Å². The number of rotatable bonds is 5. The van der Waals surface area contributed by atoms with Crippen molar-refractivity contribution in [3.63, 3.8) is 0 Å². The van der Waals surface area contributed by atoms with Gasteiger partial charge in [-0.1, -0.05) is 47.6 Å². The van der Waals surface area contributed by atoms with Gasteiger partial charge in [-0.05, 0) is 49.2 Å². The largest absolute Gasteiger partial charge is 0.326 e. The first-order chi connectivity index (χ1) is 13.5. The van der Waals surface area contributed by atoms with Gasteiger partial charge in [-0.25, -0.2) is 0 Å². The van der Waals surface area contributed by atoms with Crippen molar-refractivity contribution in [3.05, 3.63) is 64.7 Å². The Balaban J connectivity index is 1.48. The SMILES string of the molecule is Cc1c(Cl)cccc1NC(=O)CCSc1nnc2cc(C)c3ccccc3n12. The molecular weight excluding hydrogens is 392 g/mol. The van der Waals surface area contributed by atoms with E-state index in [0.29, 0.717) is 17.2 Å². The number of nitrogens with one attached hydrogen (secondary N) is 1. The summed E-state index contributed by atoms with van der Waals surface area (Å²) in [7, 11) is 0. The topological polar surface area (TPSA) is 59.3 Å². The molecule has 2 aromatic heterocycles. The van der Waals surface area contributed by atoms with Crippen LogP contribution in [0.2, 0.25) is 5.02 Å². The van der Waals surface area contributed by atoms with Crippen LogP contribution in [-0.2, 0) is 4.79 Å². The molecule has 5 nitrogen and oxygen atoms in total. The molecular formula is C21H19ClN4OS. The molecule has 4 aromatic rings. The molecule has 7 heteroatoms. The van der Waals surface area contributed by atoms with Crippen molar-refractivity contribution >= 4 is 51.5 Å². The van der Waals surface area contributed by atoms with E-state index in [1.807, 2.05) is 47.7 Å². The number of anilines is 1. The number of aromatic nitrogens is 3. The number of pyridine rings is 1. The summed E-state index contributed by atoms with van der Waals surface area (Å²) >= 11 is 7.64. The summed E-state index contributed by atoms with van der Waals surface area (Å²) in [5.41, 5.74) is 4.68. The fraction of sp³-hybridized carbons (Fsp3) is 0.190. The van der Waals surface area contributed by atoms with Crippen LogP contribution < -0.4 is 5.32 Å². The number of thioether (sulfide) groups is 1. The molecule has 4 rings (SSSR count). The van der Waals surface area contributed by atoms with Gasteiger partial charge in [0, 0.05) is 28.3 Å². The van der Waals surface area contributed by atoms with E-state index in [4.69, 9.17) is 11.6 Å². The molecule has 0 aliphatic rings. The number of aryl methyl sites for hydroxylation is 1. The number of hydrogen-bond donors (Lipinski definition) is 1. The third kappa shape index (κ3) is 3.57. The minimum absolute atomic E-state index is 0.0487. The quantitative estimate of drug-likeness (QED) is 0.455. The maximum atomic E-state index is 12.3. The summed E-state index contributed by atoms with van der Waals surface area (Å²) in [6.45, 7) is 3.97. The zero-order valence-corrected chi connectivity index (χ0v) is 17.1. The molecule has 0 atom stereocenters. The lowest BCUT2D eigenvalue weighted by molar-refractivity contribution is -0.115. The predicted molar refractivity (Wildman–Crippen MR) is 115 cm³/mol. The number of carbonyl (C=O) groups is 1. The minimum atomic E-state index is -0.0487. The zero-order chi connectivity index (χ0) is 19.7. The van der Waals surface area contributed by atoms with Gasteiger partial charge < -0.3 is 5.32 Å². The summed E-state index contributed by atoms with van der Waals surface area (Å²) in [6, 6.07) is 15.7. The number of fused-ring (bicyclic) bond motifs is 3. The van der Waals surface area contributed by atoms with E-state index >= 15 is 0 Å². The summed E-state index contributed by atoms with van der Waals surface area (Å²) in [5.74, 6) is 0.557. The summed E-state index contributed by atoms with van der Waals surface area (Å²) in [4.78, 5) is 12.3. The highest BCUT2D eigenvalue weighted by Crippen LogP contribution is 2.26. The van der Waals surface area contributed by atoms with Crippen LogP contribution in [0.1, 0.15) is 17.5 Å². The van der Waals surface area contributed by atoms with Crippen LogP contribution in [0.15, 0.2) is 53.7 Å². The maximum absolute atomic E-state index is 12.3. The van der Waals surface area contributed by atoms with Crippen LogP contribution in [0.3, 0.4) is 0 Å². The van der Waals surface area contributed by atoms with E-state index < -0.39 is 0 Å². The van der Waals surface area contributed by atoms with Gasteiger partial charge in [-0.2, -0.15) is 0 Å². The molecule has 28 heavy (non-hydrogen) atoms. The normalized spacial score (nSPS) is 11.2. The highest BCUT2D eigenvalue weighted by Gasteiger charge is 2.12. The molecule has 0 aliphatic heterocycles. The molecule has 0 radical (unpaired) electrons. The second kappa shape index (κ2) is 7.81. The van der Waals surface area contributed by atoms with E-state index in [0.717, 1.165) is 27.6 Å². The molecule has 0 unspecified atom stereocenters. The minimum Gasteiger partial charge on any atom is -0.326 e. The number of nitrogens with zero attached hydrogens (tertiary/aromatic N) is 3. The molecule has 0 aliphatic carbocycles. The highest BCUT2D eigenvalue weighted by atomic mass is 35.5. The number of para-hydroxylation sites is 1. The van der Waals surface area contributed by atoms with Gasteiger partial charge in [0.1, 0.15) is 0 Å². The fourth-order valence-corrected chi connectivity index (χ4v) is 4.22. The van der Waals surface area contributed by atoms with E-state index in [9.17, 15) is 4.79 Å². The molecule has 2 heterocycles. The zero-order valence-electron chi connectivity index (χ0n) is 15.6. The molecule has 0 bridgehead atoms. The second-order valence-electron chi connectivity index (χ2n) is 6.58. The summed E-state index contributed by atoms with van der Waals surface area (Å²) in [6.07, 6.45) is 0.370. The summed E-state index contributed by atoms with van der Waals surface area (Å²) < 4.78 is 2.05. The Morgan fingerprint density at radius 3 is 2.82 bits per heavy atom. The Morgan fingerprint density at radius 1 is 1.14 bits per heavy atom. The Morgan fingerprint density at radius 2 is 1.96 bits per heavy atom. The Hall–Kier alpha value is -2.57.